The Morgan fingerprint density at radius 1 is 1.21 bits per heavy atom. The predicted molar refractivity (Wildman–Crippen MR) is 123 cm³/mol. The largest absolute Gasteiger partial charge is 0.490 e. The van der Waals surface area contributed by atoms with Gasteiger partial charge in [-0.15, -0.1) is 0 Å². The van der Waals surface area contributed by atoms with Gasteiger partial charge in [-0.2, -0.15) is 0 Å². The van der Waals surface area contributed by atoms with Crippen LogP contribution in [0.25, 0.3) is 10.9 Å². The number of hydrogen-bond acceptors (Lipinski definition) is 7. The van der Waals surface area contributed by atoms with E-state index in [-0.39, 0.29) is 17.7 Å². The number of fused-ring (bicyclic) bond motifs is 1. The van der Waals surface area contributed by atoms with Gasteiger partial charge in [0, 0.05) is 17.1 Å². The van der Waals surface area contributed by atoms with Crippen molar-refractivity contribution in [1.82, 2.24) is 14.9 Å². The van der Waals surface area contributed by atoms with Gasteiger partial charge in [0.15, 0.2) is 11.5 Å². The zero-order chi connectivity index (χ0) is 23.6. The molecule has 1 N–H and O–H groups in total. The quantitative estimate of drug-likeness (QED) is 0.481. The van der Waals surface area contributed by atoms with Crippen molar-refractivity contribution in [3.05, 3.63) is 47.5 Å². The van der Waals surface area contributed by atoms with Crippen LogP contribution >= 0.6 is 11.6 Å². The van der Waals surface area contributed by atoms with Crippen LogP contribution in [0.4, 0.5) is 20.7 Å². The molecule has 0 bridgehead atoms. The topological polar surface area (TPSA) is 85.8 Å². The van der Waals surface area contributed by atoms with E-state index in [1.807, 2.05) is 20.8 Å². The van der Waals surface area contributed by atoms with E-state index in [0.29, 0.717) is 53.6 Å². The molecule has 0 radical (unpaired) electrons. The number of aromatic nitrogens is 2. The Balaban J connectivity index is 1.58. The van der Waals surface area contributed by atoms with Gasteiger partial charge in [0.2, 0.25) is 0 Å². The molecule has 2 aromatic carbocycles. The first-order valence-corrected chi connectivity index (χ1v) is 10.9. The van der Waals surface area contributed by atoms with Crippen molar-refractivity contribution in [2.45, 2.75) is 26.4 Å². The van der Waals surface area contributed by atoms with Crippen LogP contribution in [0.5, 0.6) is 11.5 Å². The number of hydrogen-bond donors (Lipinski definition) is 1. The minimum atomic E-state index is -0.516. The molecule has 0 atom stereocenters. The number of benzene rings is 2. The van der Waals surface area contributed by atoms with Crippen molar-refractivity contribution in [3.63, 3.8) is 0 Å². The molecule has 2 heterocycles. The summed E-state index contributed by atoms with van der Waals surface area (Å²) in [6, 6.07) is 7.87. The average molecular weight is 475 g/mol. The first-order chi connectivity index (χ1) is 15.8. The molecule has 0 aliphatic carbocycles. The number of halogens is 2. The van der Waals surface area contributed by atoms with E-state index in [4.69, 9.17) is 25.8 Å². The Morgan fingerprint density at radius 3 is 2.70 bits per heavy atom. The molecule has 4 rings (SSSR count). The van der Waals surface area contributed by atoms with Crippen LogP contribution in [0.3, 0.4) is 0 Å². The molecule has 0 saturated carbocycles. The maximum atomic E-state index is 13.5. The van der Waals surface area contributed by atoms with Crippen molar-refractivity contribution in [2.75, 3.05) is 31.6 Å². The van der Waals surface area contributed by atoms with Crippen LogP contribution in [0.15, 0.2) is 36.7 Å². The Morgan fingerprint density at radius 2 is 2.00 bits per heavy atom. The van der Waals surface area contributed by atoms with Gasteiger partial charge in [0.05, 0.1) is 30.2 Å². The summed E-state index contributed by atoms with van der Waals surface area (Å²) in [5, 5.41) is 3.82. The molecule has 0 unspecified atom stereocenters. The monoisotopic (exact) mass is 474 g/mol. The summed E-state index contributed by atoms with van der Waals surface area (Å²) >= 11 is 5.90. The van der Waals surface area contributed by atoms with E-state index < -0.39 is 11.4 Å². The minimum absolute atomic E-state index is 0.00429. The third kappa shape index (κ3) is 5.19. The van der Waals surface area contributed by atoms with Gasteiger partial charge in [-0.1, -0.05) is 11.6 Å². The highest BCUT2D eigenvalue weighted by atomic mass is 35.5. The summed E-state index contributed by atoms with van der Waals surface area (Å²) < 4.78 is 30.6. The summed E-state index contributed by atoms with van der Waals surface area (Å²) in [5.74, 6) is 1.02. The highest BCUT2D eigenvalue weighted by Gasteiger charge is 2.37. The second kappa shape index (κ2) is 9.27. The van der Waals surface area contributed by atoms with E-state index in [2.05, 4.69) is 15.3 Å². The fourth-order valence-corrected chi connectivity index (χ4v) is 3.73. The van der Waals surface area contributed by atoms with Crippen LogP contribution < -0.4 is 14.8 Å². The number of nitrogens with one attached hydrogen (secondary N) is 1. The molecule has 1 aliphatic rings. The lowest BCUT2D eigenvalue weighted by Crippen LogP contribution is -2.31. The number of cyclic esters (lactones) is 1. The number of carbonyl (C=O) groups is 1. The van der Waals surface area contributed by atoms with Crippen LogP contribution in [-0.2, 0) is 4.74 Å². The molecule has 1 saturated heterocycles. The summed E-state index contributed by atoms with van der Waals surface area (Å²) in [6.45, 7) is 7.17. The third-order valence-electron chi connectivity index (χ3n) is 5.00. The lowest BCUT2D eigenvalue weighted by molar-refractivity contribution is 0.0857. The summed E-state index contributed by atoms with van der Waals surface area (Å²) in [6.07, 6.45) is 1.07. The van der Waals surface area contributed by atoms with E-state index in [0.717, 1.165) is 0 Å². The zero-order valence-electron chi connectivity index (χ0n) is 18.5. The third-order valence-corrected chi connectivity index (χ3v) is 5.28. The normalized spacial score (nSPS) is 14.9. The zero-order valence-corrected chi connectivity index (χ0v) is 19.3. The lowest BCUT2D eigenvalue weighted by Gasteiger charge is -2.17. The Kier molecular flexibility index (Phi) is 6.42. The molecule has 10 heteroatoms. The molecule has 3 aromatic rings. The van der Waals surface area contributed by atoms with Crippen molar-refractivity contribution in [3.8, 4) is 11.5 Å². The highest BCUT2D eigenvalue weighted by Crippen LogP contribution is 2.35. The maximum absolute atomic E-state index is 13.5. The number of carbonyl (C=O) groups excluding carboxylic acids is 1. The molecule has 174 valence electrons. The molecule has 0 spiro atoms. The maximum Gasteiger partial charge on any atom is 0.410 e. The van der Waals surface area contributed by atoms with E-state index in [1.54, 1.807) is 23.1 Å². The van der Waals surface area contributed by atoms with Crippen LogP contribution in [0.2, 0.25) is 5.02 Å². The fourth-order valence-electron chi connectivity index (χ4n) is 3.55. The second-order valence-electron chi connectivity index (χ2n) is 8.12. The lowest BCUT2D eigenvalue weighted by atomic mass is 10.1. The van der Waals surface area contributed by atoms with Gasteiger partial charge in [-0.3, -0.25) is 0 Å². The average Bonchev–Trinajstić information content (AvgIpc) is 3.03. The van der Waals surface area contributed by atoms with Gasteiger partial charge in [-0.05, 0) is 45.0 Å². The van der Waals surface area contributed by atoms with Gasteiger partial charge in [0.1, 0.15) is 30.2 Å². The first kappa shape index (κ1) is 22.8. The summed E-state index contributed by atoms with van der Waals surface area (Å²) in [7, 11) is 0. The van der Waals surface area contributed by atoms with Crippen LogP contribution in [-0.4, -0.2) is 52.9 Å². The molecule has 1 aliphatic heterocycles. The number of rotatable bonds is 8. The van der Waals surface area contributed by atoms with Crippen LogP contribution in [0, 0.1) is 5.82 Å². The molecular weight excluding hydrogens is 451 g/mol. The highest BCUT2D eigenvalue weighted by molar-refractivity contribution is 6.31. The predicted octanol–water partition coefficient (Wildman–Crippen LogP) is 5.17. The SMILES string of the molecule is CCOc1cc2ncnc(Nc3ccc(F)c(Cl)c3)c2cc1OCCN1CC(C)(C)OC1=O. The minimum Gasteiger partial charge on any atom is -0.490 e. The number of nitrogens with zero attached hydrogens (tertiary/aromatic N) is 3. The molecule has 1 aromatic heterocycles. The molecule has 1 fully saturated rings. The van der Waals surface area contributed by atoms with E-state index in [9.17, 15) is 9.18 Å². The van der Waals surface area contributed by atoms with Crippen molar-refractivity contribution in [1.29, 1.82) is 0 Å². The molecular formula is C23H24ClFN4O4. The van der Waals surface area contributed by atoms with E-state index in [1.165, 1.54) is 18.5 Å². The Labute approximate surface area is 195 Å². The fraction of sp³-hybridized carbons (Fsp3) is 0.348. The standard InChI is InChI=1S/C23H24ClFN4O4/c1-4-31-20-11-18-15(10-19(20)32-8-7-29-12-23(2,3)33-22(29)30)21(27-13-26-18)28-14-5-6-17(25)16(24)9-14/h5-6,9-11,13H,4,7-8,12H2,1-3H3,(H,26,27,28). The smallest absolute Gasteiger partial charge is 0.410 e. The number of amides is 1. The summed E-state index contributed by atoms with van der Waals surface area (Å²) in [4.78, 5) is 22.3. The Hall–Kier alpha value is -3.33. The first-order valence-electron chi connectivity index (χ1n) is 10.5. The van der Waals surface area contributed by atoms with Gasteiger partial charge in [0.25, 0.3) is 0 Å². The molecule has 1 amide bonds. The summed E-state index contributed by atoms with van der Waals surface area (Å²) in [5.41, 5.74) is 0.701. The number of anilines is 2. The van der Waals surface area contributed by atoms with Gasteiger partial charge >= 0.3 is 6.09 Å². The van der Waals surface area contributed by atoms with Crippen molar-refractivity contribution < 1.29 is 23.4 Å². The van der Waals surface area contributed by atoms with Crippen molar-refractivity contribution in [2.24, 2.45) is 0 Å². The van der Waals surface area contributed by atoms with Crippen LogP contribution in [0.1, 0.15) is 20.8 Å². The Bertz CT molecular complexity index is 1190. The molecule has 8 nitrogen and oxygen atoms in total. The second-order valence-corrected chi connectivity index (χ2v) is 8.53. The van der Waals surface area contributed by atoms with Crippen molar-refractivity contribution >= 4 is 40.1 Å². The van der Waals surface area contributed by atoms with Gasteiger partial charge in [-0.25, -0.2) is 19.2 Å². The van der Waals surface area contributed by atoms with Gasteiger partial charge < -0.3 is 24.4 Å². The number of ether oxygens (including phenoxy) is 3. The van der Waals surface area contributed by atoms with E-state index >= 15 is 0 Å². The molecule has 33 heavy (non-hydrogen) atoms.